The Labute approximate surface area is 85.5 Å². The predicted molar refractivity (Wildman–Crippen MR) is 60.3 cm³/mol. The zero-order valence-corrected chi connectivity index (χ0v) is 8.72. The summed E-state index contributed by atoms with van der Waals surface area (Å²) in [5.41, 5.74) is 9.49. The van der Waals surface area contributed by atoms with E-state index in [-0.39, 0.29) is 0 Å². The van der Waals surface area contributed by atoms with E-state index in [1.54, 1.807) is 0 Å². The molecule has 1 heterocycles. The molecule has 2 rings (SSSR count). The van der Waals surface area contributed by atoms with Crippen molar-refractivity contribution in [3.05, 3.63) is 29.3 Å². The monoisotopic (exact) mass is 190 g/mol. The Morgan fingerprint density at radius 1 is 1.50 bits per heavy atom. The largest absolute Gasteiger partial charge is 0.398 e. The number of benzene rings is 1. The van der Waals surface area contributed by atoms with Gasteiger partial charge in [0.25, 0.3) is 0 Å². The van der Waals surface area contributed by atoms with Crippen LogP contribution < -0.4 is 11.1 Å². The summed E-state index contributed by atoms with van der Waals surface area (Å²) in [6.45, 7) is 4.39. The van der Waals surface area contributed by atoms with Gasteiger partial charge in [-0.1, -0.05) is 12.1 Å². The molecule has 0 aliphatic carbocycles. The first kappa shape index (κ1) is 9.53. The van der Waals surface area contributed by atoms with E-state index in [1.165, 1.54) is 17.5 Å². The van der Waals surface area contributed by atoms with E-state index in [2.05, 4.69) is 30.4 Å². The number of anilines is 1. The van der Waals surface area contributed by atoms with Gasteiger partial charge in [0.15, 0.2) is 0 Å². The Morgan fingerprint density at radius 2 is 2.36 bits per heavy atom. The van der Waals surface area contributed by atoms with Gasteiger partial charge in [0, 0.05) is 5.69 Å². The van der Waals surface area contributed by atoms with Gasteiger partial charge in [-0.2, -0.15) is 0 Å². The van der Waals surface area contributed by atoms with Crippen LogP contribution in [0.2, 0.25) is 0 Å². The predicted octanol–water partition coefficient (Wildman–Crippen LogP) is 1.73. The van der Waals surface area contributed by atoms with E-state index >= 15 is 0 Å². The zero-order valence-electron chi connectivity index (χ0n) is 8.72. The summed E-state index contributed by atoms with van der Waals surface area (Å²) < 4.78 is 0. The minimum atomic E-state index is 0.778. The molecule has 14 heavy (non-hydrogen) atoms. The fourth-order valence-corrected chi connectivity index (χ4v) is 2.10. The Bertz CT molecular complexity index is 314. The smallest absolute Gasteiger partial charge is 0.0349 e. The van der Waals surface area contributed by atoms with Crippen LogP contribution in [-0.2, 0) is 6.42 Å². The molecule has 1 fully saturated rings. The van der Waals surface area contributed by atoms with Crippen molar-refractivity contribution in [2.45, 2.75) is 19.8 Å². The van der Waals surface area contributed by atoms with Gasteiger partial charge < -0.3 is 11.1 Å². The Balaban J connectivity index is 2.08. The fraction of sp³-hybridized carbons (Fsp3) is 0.500. The van der Waals surface area contributed by atoms with Crippen molar-refractivity contribution in [3.63, 3.8) is 0 Å². The van der Waals surface area contributed by atoms with E-state index in [0.29, 0.717) is 0 Å². The first-order valence-corrected chi connectivity index (χ1v) is 5.31. The summed E-state index contributed by atoms with van der Waals surface area (Å²) >= 11 is 0. The Hall–Kier alpha value is -1.02. The lowest BCUT2D eigenvalue weighted by Crippen LogP contribution is -2.11. The standard InChI is InChI=1S/C12H18N2/c1-9-2-3-11(12(13)6-9)7-10-4-5-14-8-10/h2-3,6,10,14H,4-5,7-8,13H2,1H3. The van der Waals surface area contributed by atoms with Crippen molar-refractivity contribution in [1.29, 1.82) is 0 Å². The maximum Gasteiger partial charge on any atom is 0.0349 e. The molecule has 1 aliphatic heterocycles. The van der Waals surface area contributed by atoms with Crippen LogP contribution >= 0.6 is 0 Å². The summed E-state index contributed by atoms with van der Waals surface area (Å²) in [5.74, 6) is 0.778. The van der Waals surface area contributed by atoms with Gasteiger partial charge in [-0.15, -0.1) is 0 Å². The highest BCUT2D eigenvalue weighted by atomic mass is 14.9. The van der Waals surface area contributed by atoms with Crippen LogP contribution in [0.15, 0.2) is 18.2 Å². The third-order valence-electron chi connectivity index (χ3n) is 2.97. The van der Waals surface area contributed by atoms with Gasteiger partial charge in [-0.3, -0.25) is 0 Å². The molecule has 2 heteroatoms. The summed E-state index contributed by atoms with van der Waals surface area (Å²) in [6, 6.07) is 6.38. The number of nitrogen functional groups attached to an aromatic ring is 1. The van der Waals surface area contributed by atoms with Crippen molar-refractivity contribution in [2.24, 2.45) is 5.92 Å². The SMILES string of the molecule is Cc1ccc(CC2CCNC2)c(N)c1. The number of rotatable bonds is 2. The van der Waals surface area contributed by atoms with Crippen LogP contribution in [0.4, 0.5) is 5.69 Å². The van der Waals surface area contributed by atoms with Gasteiger partial charge in [0.2, 0.25) is 0 Å². The molecule has 1 saturated heterocycles. The first-order chi connectivity index (χ1) is 6.75. The van der Waals surface area contributed by atoms with E-state index in [9.17, 15) is 0 Å². The Kier molecular flexibility index (Phi) is 2.73. The van der Waals surface area contributed by atoms with E-state index in [0.717, 1.165) is 31.1 Å². The average molecular weight is 190 g/mol. The molecule has 76 valence electrons. The third kappa shape index (κ3) is 2.07. The highest BCUT2D eigenvalue weighted by Gasteiger charge is 2.15. The maximum absolute atomic E-state index is 5.98. The molecule has 1 aromatic carbocycles. The molecule has 1 aromatic rings. The number of nitrogens with one attached hydrogen (secondary N) is 1. The van der Waals surface area contributed by atoms with Gasteiger partial charge in [-0.25, -0.2) is 0 Å². The number of hydrogen-bond donors (Lipinski definition) is 2. The second-order valence-electron chi connectivity index (χ2n) is 4.27. The third-order valence-corrected chi connectivity index (χ3v) is 2.97. The average Bonchev–Trinajstić information content (AvgIpc) is 2.62. The van der Waals surface area contributed by atoms with Gasteiger partial charge >= 0.3 is 0 Å². The van der Waals surface area contributed by atoms with Crippen molar-refractivity contribution in [1.82, 2.24) is 5.32 Å². The quantitative estimate of drug-likeness (QED) is 0.697. The summed E-state index contributed by atoms with van der Waals surface area (Å²) in [5, 5.41) is 3.38. The molecule has 0 saturated carbocycles. The molecule has 1 atom stereocenters. The van der Waals surface area contributed by atoms with Crippen molar-refractivity contribution in [3.8, 4) is 0 Å². The van der Waals surface area contributed by atoms with Gasteiger partial charge in [-0.05, 0) is 56.0 Å². The van der Waals surface area contributed by atoms with Gasteiger partial charge in [0.05, 0.1) is 0 Å². The second kappa shape index (κ2) is 4.01. The van der Waals surface area contributed by atoms with E-state index < -0.39 is 0 Å². The molecule has 0 radical (unpaired) electrons. The summed E-state index contributed by atoms with van der Waals surface area (Å²) in [7, 11) is 0. The zero-order chi connectivity index (χ0) is 9.97. The molecule has 0 bridgehead atoms. The lowest BCUT2D eigenvalue weighted by Gasteiger charge is -2.11. The van der Waals surface area contributed by atoms with Crippen molar-refractivity contribution < 1.29 is 0 Å². The highest BCUT2D eigenvalue weighted by molar-refractivity contribution is 5.49. The first-order valence-electron chi connectivity index (χ1n) is 5.31. The molecule has 1 aliphatic rings. The van der Waals surface area contributed by atoms with E-state index in [4.69, 9.17) is 5.73 Å². The minimum Gasteiger partial charge on any atom is -0.398 e. The number of aryl methyl sites for hydroxylation is 1. The normalized spacial score (nSPS) is 21.4. The molecular weight excluding hydrogens is 172 g/mol. The lowest BCUT2D eigenvalue weighted by atomic mass is 9.97. The van der Waals surface area contributed by atoms with E-state index in [1.807, 2.05) is 0 Å². The Morgan fingerprint density at radius 3 is 3.00 bits per heavy atom. The van der Waals surface area contributed by atoms with Crippen LogP contribution in [0.5, 0.6) is 0 Å². The van der Waals surface area contributed by atoms with Crippen molar-refractivity contribution >= 4 is 5.69 Å². The number of hydrogen-bond acceptors (Lipinski definition) is 2. The molecule has 0 aromatic heterocycles. The molecule has 0 amide bonds. The molecule has 2 nitrogen and oxygen atoms in total. The maximum atomic E-state index is 5.98. The molecule has 1 unspecified atom stereocenters. The van der Waals surface area contributed by atoms with Crippen LogP contribution in [0, 0.1) is 12.8 Å². The number of nitrogens with two attached hydrogens (primary N) is 1. The van der Waals surface area contributed by atoms with Crippen LogP contribution in [0.1, 0.15) is 17.5 Å². The highest BCUT2D eigenvalue weighted by Crippen LogP contribution is 2.20. The summed E-state index contributed by atoms with van der Waals surface area (Å²) in [4.78, 5) is 0. The topological polar surface area (TPSA) is 38.0 Å². The minimum absolute atomic E-state index is 0.778. The second-order valence-corrected chi connectivity index (χ2v) is 4.27. The fourth-order valence-electron chi connectivity index (χ4n) is 2.10. The van der Waals surface area contributed by atoms with Crippen LogP contribution in [0.3, 0.4) is 0 Å². The van der Waals surface area contributed by atoms with Crippen LogP contribution in [0.25, 0.3) is 0 Å². The summed E-state index contributed by atoms with van der Waals surface area (Å²) in [6.07, 6.45) is 2.41. The van der Waals surface area contributed by atoms with Gasteiger partial charge in [0.1, 0.15) is 0 Å². The molecule has 3 N–H and O–H groups in total. The lowest BCUT2D eigenvalue weighted by molar-refractivity contribution is 0.581. The molecule has 0 spiro atoms. The molecular formula is C12H18N2. The van der Waals surface area contributed by atoms with Crippen molar-refractivity contribution in [2.75, 3.05) is 18.8 Å². The van der Waals surface area contributed by atoms with Crippen LogP contribution in [-0.4, -0.2) is 13.1 Å².